The molecule has 0 saturated carbocycles. The van der Waals surface area contributed by atoms with Crippen molar-refractivity contribution in [2.45, 2.75) is 45.8 Å². The Morgan fingerprint density at radius 1 is 1.44 bits per heavy atom. The van der Waals surface area contributed by atoms with E-state index in [1.54, 1.807) is 6.33 Å². The molecule has 0 aliphatic carbocycles. The first-order valence-corrected chi connectivity index (χ1v) is 10.2. The number of fused-ring (bicyclic) bond motifs is 1. The van der Waals surface area contributed by atoms with E-state index in [1.165, 1.54) is 4.31 Å². The highest BCUT2D eigenvalue weighted by Gasteiger charge is 2.25. The van der Waals surface area contributed by atoms with Crippen LogP contribution in [0.25, 0.3) is 11.2 Å². The Labute approximate surface area is 160 Å². The van der Waals surface area contributed by atoms with Crippen molar-refractivity contribution in [3.05, 3.63) is 6.33 Å². The van der Waals surface area contributed by atoms with E-state index in [1.807, 2.05) is 25.3 Å². The normalized spacial score (nSPS) is 20.3. The van der Waals surface area contributed by atoms with E-state index in [4.69, 9.17) is 0 Å². The third-order valence-corrected chi connectivity index (χ3v) is 5.58. The molecule has 3 atom stereocenters. The zero-order valence-electron chi connectivity index (χ0n) is 15.8. The summed E-state index contributed by atoms with van der Waals surface area (Å²) in [5, 5.41) is 16.1. The van der Waals surface area contributed by atoms with Gasteiger partial charge in [-0.3, -0.25) is 4.21 Å². The smallest absolute Gasteiger partial charge is 0.227 e. The number of aliphatic hydroxyl groups excluding tert-OH is 1. The van der Waals surface area contributed by atoms with Crippen LogP contribution in [-0.2, 0) is 17.8 Å². The van der Waals surface area contributed by atoms with Crippen LogP contribution in [0.1, 0.15) is 27.2 Å². The molecule has 150 valence electrons. The summed E-state index contributed by atoms with van der Waals surface area (Å²) in [6.07, 6.45) is 2.41. The monoisotopic (exact) mass is 396 g/mol. The standard InChI is InChI=1S/C16H27N7O3S/c1-4-22-9-17-13-14(18-11-5-6-23(7-11)27(25)26)20-16(21-15(13)22)19-12(8-24)10(2)3/h9-12,24H,4-8H2,1-3H3,(H,25,26)(H2,18,19,20,21)/p-1. The first-order chi connectivity index (χ1) is 12.9. The van der Waals surface area contributed by atoms with Crippen molar-refractivity contribution in [3.63, 3.8) is 0 Å². The molecule has 3 unspecified atom stereocenters. The van der Waals surface area contributed by atoms with Gasteiger partial charge >= 0.3 is 0 Å². The van der Waals surface area contributed by atoms with Gasteiger partial charge in [-0.15, -0.1) is 0 Å². The molecule has 11 heteroatoms. The fourth-order valence-electron chi connectivity index (χ4n) is 3.10. The van der Waals surface area contributed by atoms with Gasteiger partial charge in [0.1, 0.15) is 0 Å². The van der Waals surface area contributed by atoms with Crippen LogP contribution in [-0.4, -0.2) is 69.5 Å². The summed E-state index contributed by atoms with van der Waals surface area (Å²) in [6, 6.07) is -0.211. The first kappa shape index (κ1) is 19.9. The SMILES string of the molecule is CCn1cnc2c(NC3CCN(S(=O)[O-])C3)nc(NC(CO)C(C)C)nc21. The number of hydrogen-bond acceptors (Lipinski definition) is 8. The van der Waals surface area contributed by atoms with Crippen LogP contribution in [0.15, 0.2) is 6.33 Å². The van der Waals surface area contributed by atoms with Crippen molar-refractivity contribution < 1.29 is 13.9 Å². The zero-order valence-corrected chi connectivity index (χ0v) is 16.6. The van der Waals surface area contributed by atoms with Crippen LogP contribution < -0.4 is 10.6 Å². The number of rotatable bonds is 8. The van der Waals surface area contributed by atoms with Crippen molar-refractivity contribution in [2.75, 3.05) is 30.3 Å². The number of aryl methyl sites for hydroxylation is 1. The molecule has 2 aromatic heterocycles. The average Bonchev–Trinajstić information content (AvgIpc) is 3.26. The van der Waals surface area contributed by atoms with Gasteiger partial charge in [0, 0.05) is 36.9 Å². The fourth-order valence-corrected chi connectivity index (χ4v) is 3.66. The van der Waals surface area contributed by atoms with Gasteiger partial charge in [0.25, 0.3) is 0 Å². The lowest BCUT2D eigenvalue weighted by atomic mass is 10.1. The second kappa shape index (κ2) is 8.46. The number of nitrogens with one attached hydrogen (secondary N) is 2. The molecule has 0 spiro atoms. The maximum Gasteiger partial charge on any atom is 0.227 e. The molecular formula is C16H26N7O3S-. The van der Waals surface area contributed by atoms with Gasteiger partial charge in [0.15, 0.2) is 17.0 Å². The lowest BCUT2D eigenvalue weighted by Gasteiger charge is -2.21. The quantitative estimate of drug-likeness (QED) is 0.552. The molecule has 1 fully saturated rings. The zero-order chi connectivity index (χ0) is 19.6. The minimum Gasteiger partial charge on any atom is -0.760 e. The molecule has 2 aromatic rings. The van der Waals surface area contributed by atoms with E-state index in [9.17, 15) is 13.9 Å². The van der Waals surface area contributed by atoms with Crippen molar-refractivity contribution in [2.24, 2.45) is 5.92 Å². The van der Waals surface area contributed by atoms with Gasteiger partial charge in [-0.1, -0.05) is 13.8 Å². The molecule has 3 rings (SSSR count). The average molecular weight is 396 g/mol. The Kier molecular flexibility index (Phi) is 6.25. The lowest BCUT2D eigenvalue weighted by molar-refractivity contribution is 0.248. The molecule has 1 aliphatic heterocycles. The van der Waals surface area contributed by atoms with Gasteiger partial charge < -0.3 is 24.9 Å². The predicted octanol–water partition coefficient (Wildman–Crippen LogP) is 0.555. The number of hydrogen-bond donors (Lipinski definition) is 3. The van der Waals surface area contributed by atoms with Crippen LogP contribution in [0.4, 0.5) is 11.8 Å². The molecular weight excluding hydrogens is 370 g/mol. The van der Waals surface area contributed by atoms with Crippen LogP contribution >= 0.6 is 0 Å². The Morgan fingerprint density at radius 3 is 2.81 bits per heavy atom. The van der Waals surface area contributed by atoms with Crippen molar-refractivity contribution in [1.82, 2.24) is 23.8 Å². The highest BCUT2D eigenvalue weighted by molar-refractivity contribution is 7.76. The van der Waals surface area contributed by atoms with Crippen molar-refractivity contribution in [1.29, 1.82) is 0 Å². The maximum atomic E-state index is 11.1. The van der Waals surface area contributed by atoms with Crippen LogP contribution in [0.2, 0.25) is 0 Å². The number of imidazole rings is 1. The Balaban J connectivity index is 1.90. The third-order valence-electron chi connectivity index (χ3n) is 4.82. The first-order valence-electron chi connectivity index (χ1n) is 9.14. The highest BCUT2D eigenvalue weighted by Crippen LogP contribution is 2.24. The van der Waals surface area contributed by atoms with Crippen LogP contribution in [0.3, 0.4) is 0 Å². The largest absolute Gasteiger partial charge is 0.760 e. The maximum absolute atomic E-state index is 11.1. The topological polar surface area (TPSA) is 131 Å². The van der Waals surface area contributed by atoms with Gasteiger partial charge in [0.2, 0.25) is 5.95 Å². The van der Waals surface area contributed by atoms with Gasteiger partial charge in [0.05, 0.1) is 19.0 Å². The minimum atomic E-state index is -2.21. The van der Waals surface area contributed by atoms with Crippen LogP contribution in [0.5, 0.6) is 0 Å². The molecule has 1 aliphatic rings. The fraction of sp³-hybridized carbons (Fsp3) is 0.688. The molecule has 3 heterocycles. The Bertz CT molecular complexity index is 813. The van der Waals surface area contributed by atoms with Gasteiger partial charge in [-0.25, -0.2) is 9.29 Å². The number of nitrogens with zero attached hydrogens (tertiary/aromatic N) is 5. The molecule has 27 heavy (non-hydrogen) atoms. The Morgan fingerprint density at radius 2 is 2.22 bits per heavy atom. The number of anilines is 2. The minimum absolute atomic E-state index is 0.0260. The molecule has 1 saturated heterocycles. The van der Waals surface area contributed by atoms with Gasteiger partial charge in [-0.2, -0.15) is 9.97 Å². The van der Waals surface area contributed by atoms with Crippen LogP contribution in [0, 0.1) is 5.92 Å². The van der Waals surface area contributed by atoms with E-state index in [2.05, 4.69) is 25.6 Å². The highest BCUT2D eigenvalue weighted by atomic mass is 32.2. The predicted molar refractivity (Wildman–Crippen MR) is 103 cm³/mol. The molecule has 3 N–H and O–H groups in total. The molecule has 0 bridgehead atoms. The molecule has 10 nitrogen and oxygen atoms in total. The number of aliphatic hydroxyl groups is 1. The third kappa shape index (κ3) is 4.37. The summed E-state index contributed by atoms with van der Waals surface area (Å²) in [7, 11) is 0. The summed E-state index contributed by atoms with van der Waals surface area (Å²) in [6.45, 7) is 7.59. The molecule has 0 radical (unpaired) electrons. The summed E-state index contributed by atoms with van der Waals surface area (Å²) in [4.78, 5) is 13.6. The van der Waals surface area contributed by atoms with Crippen molar-refractivity contribution >= 4 is 34.2 Å². The van der Waals surface area contributed by atoms with E-state index in [0.717, 1.165) is 0 Å². The molecule has 0 aromatic carbocycles. The second-order valence-electron chi connectivity index (χ2n) is 7.01. The summed E-state index contributed by atoms with van der Waals surface area (Å²) in [5.41, 5.74) is 1.34. The summed E-state index contributed by atoms with van der Waals surface area (Å²) in [5.74, 6) is 1.19. The van der Waals surface area contributed by atoms with E-state index < -0.39 is 11.3 Å². The van der Waals surface area contributed by atoms with Crippen molar-refractivity contribution in [3.8, 4) is 0 Å². The van der Waals surface area contributed by atoms with E-state index in [-0.39, 0.29) is 24.6 Å². The van der Waals surface area contributed by atoms with Gasteiger partial charge in [-0.05, 0) is 19.3 Å². The van der Waals surface area contributed by atoms with E-state index in [0.29, 0.717) is 49.0 Å². The number of aromatic nitrogens is 4. The van der Waals surface area contributed by atoms with E-state index >= 15 is 0 Å². The Hall–Kier alpha value is -1.82. The summed E-state index contributed by atoms with van der Waals surface area (Å²) >= 11 is -2.21. The summed E-state index contributed by atoms with van der Waals surface area (Å²) < 4.78 is 25.6. The molecule has 0 amide bonds. The lowest BCUT2D eigenvalue weighted by Crippen LogP contribution is -2.31. The second-order valence-corrected chi connectivity index (χ2v) is 7.96.